The molecule has 1 atom stereocenters. The molecule has 6 heteroatoms. The van der Waals surface area contributed by atoms with E-state index in [1.54, 1.807) is 18.2 Å². The number of carboxylic acids is 1. The summed E-state index contributed by atoms with van der Waals surface area (Å²) in [5, 5.41) is 12.2. The van der Waals surface area contributed by atoms with Crippen molar-refractivity contribution in [3.05, 3.63) is 49.6 Å². The lowest BCUT2D eigenvalue weighted by atomic mass is 10.2. The minimum Gasteiger partial charge on any atom is -0.478 e. The van der Waals surface area contributed by atoms with Crippen LogP contribution >= 0.6 is 38.9 Å². The molecule has 2 rings (SSSR count). The molecule has 0 aliphatic heterocycles. The smallest absolute Gasteiger partial charge is 0.335 e. The van der Waals surface area contributed by atoms with Crippen LogP contribution in [0.3, 0.4) is 0 Å². The Bertz CT molecular complexity index is 614. The molecule has 1 unspecified atom stereocenters. The van der Waals surface area contributed by atoms with Gasteiger partial charge in [0.05, 0.1) is 15.9 Å². The van der Waals surface area contributed by atoms with E-state index in [-0.39, 0.29) is 11.6 Å². The van der Waals surface area contributed by atoms with Gasteiger partial charge >= 0.3 is 5.97 Å². The molecule has 100 valence electrons. The van der Waals surface area contributed by atoms with Crippen LogP contribution < -0.4 is 5.32 Å². The molecule has 2 N–H and O–H groups in total. The van der Waals surface area contributed by atoms with Crippen molar-refractivity contribution >= 4 is 50.5 Å². The predicted molar refractivity (Wildman–Crippen MR) is 82.5 cm³/mol. The summed E-state index contributed by atoms with van der Waals surface area (Å²) >= 11 is 10.8. The highest BCUT2D eigenvalue weighted by Crippen LogP contribution is 2.31. The van der Waals surface area contributed by atoms with Crippen molar-refractivity contribution in [3.8, 4) is 0 Å². The van der Waals surface area contributed by atoms with Crippen LogP contribution in [0.15, 0.2) is 34.8 Å². The van der Waals surface area contributed by atoms with Gasteiger partial charge in [-0.15, -0.1) is 11.3 Å². The first-order valence-electron chi connectivity index (χ1n) is 5.52. The summed E-state index contributed by atoms with van der Waals surface area (Å²) in [7, 11) is 0. The number of carbonyl (C=O) groups is 1. The van der Waals surface area contributed by atoms with Gasteiger partial charge in [-0.05, 0) is 53.2 Å². The number of nitrogens with one attached hydrogen (secondary N) is 1. The molecule has 3 nitrogen and oxygen atoms in total. The second-order valence-electron chi connectivity index (χ2n) is 4.01. The molecule has 1 heterocycles. The van der Waals surface area contributed by atoms with Crippen molar-refractivity contribution in [2.75, 3.05) is 5.32 Å². The molecule has 0 saturated carbocycles. The molecule has 0 bridgehead atoms. The molecule has 0 saturated heterocycles. The van der Waals surface area contributed by atoms with Crippen molar-refractivity contribution in [3.63, 3.8) is 0 Å². The number of halogens is 2. The van der Waals surface area contributed by atoms with E-state index in [1.165, 1.54) is 11.3 Å². The maximum absolute atomic E-state index is 10.9. The Balaban J connectivity index is 2.17. The fraction of sp³-hybridized carbons (Fsp3) is 0.154. The van der Waals surface area contributed by atoms with E-state index in [0.29, 0.717) is 0 Å². The normalized spacial score (nSPS) is 12.2. The zero-order valence-electron chi connectivity index (χ0n) is 9.98. The van der Waals surface area contributed by atoms with Crippen molar-refractivity contribution in [1.29, 1.82) is 0 Å². The molecule has 0 aliphatic carbocycles. The highest BCUT2D eigenvalue weighted by molar-refractivity contribution is 9.10. The van der Waals surface area contributed by atoms with Crippen LogP contribution in [0.2, 0.25) is 4.34 Å². The molecule has 1 aromatic carbocycles. The molecule has 19 heavy (non-hydrogen) atoms. The minimum absolute atomic E-state index is 0.101. The monoisotopic (exact) mass is 359 g/mol. The Kier molecular flexibility index (Phi) is 4.50. The van der Waals surface area contributed by atoms with Gasteiger partial charge in [0, 0.05) is 15.0 Å². The third-order valence-electron chi connectivity index (χ3n) is 2.61. The Hall–Kier alpha value is -1.04. The lowest BCUT2D eigenvalue weighted by Crippen LogP contribution is -2.06. The average molecular weight is 361 g/mol. The maximum Gasteiger partial charge on any atom is 0.335 e. The molecule has 0 aliphatic rings. The van der Waals surface area contributed by atoms with E-state index in [4.69, 9.17) is 16.7 Å². The molecule has 0 spiro atoms. The summed E-state index contributed by atoms with van der Waals surface area (Å²) in [6, 6.07) is 8.85. The number of carboxylic acid groups (broad SMARTS) is 1. The Morgan fingerprint density at radius 1 is 1.42 bits per heavy atom. The van der Waals surface area contributed by atoms with Gasteiger partial charge in [-0.3, -0.25) is 0 Å². The highest BCUT2D eigenvalue weighted by Gasteiger charge is 2.11. The Morgan fingerprint density at radius 2 is 2.16 bits per heavy atom. The zero-order valence-corrected chi connectivity index (χ0v) is 13.1. The molecule has 2 aromatic rings. The molecule has 0 fully saturated rings. The number of anilines is 1. The third-order valence-corrected chi connectivity index (χ3v) is 4.68. The molecule has 1 aromatic heterocycles. The third kappa shape index (κ3) is 3.49. The Morgan fingerprint density at radius 3 is 2.68 bits per heavy atom. The Labute approximate surface area is 128 Å². The predicted octanol–water partition coefficient (Wildman–Crippen LogP) is 5.04. The summed E-state index contributed by atoms with van der Waals surface area (Å²) in [4.78, 5) is 12.0. The van der Waals surface area contributed by atoms with Gasteiger partial charge < -0.3 is 10.4 Å². The standard InChI is InChI=1S/C13H11BrClNO2S/c1-7(11-4-5-12(15)19-11)16-10-3-2-8(13(17)18)6-9(10)14/h2-7,16H,1H3,(H,17,18). The number of thiophene rings is 1. The van der Waals surface area contributed by atoms with Crippen LogP contribution in [0.25, 0.3) is 0 Å². The van der Waals surface area contributed by atoms with E-state index < -0.39 is 5.97 Å². The lowest BCUT2D eigenvalue weighted by molar-refractivity contribution is 0.0697. The van der Waals surface area contributed by atoms with Crippen LogP contribution in [0.4, 0.5) is 5.69 Å². The van der Waals surface area contributed by atoms with E-state index in [0.717, 1.165) is 19.4 Å². The second kappa shape index (κ2) is 5.94. The van der Waals surface area contributed by atoms with E-state index in [9.17, 15) is 4.79 Å². The summed E-state index contributed by atoms with van der Waals surface area (Å²) in [5.41, 5.74) is 1.10. The summed E-state index contributed by atoms with van der Waals surface area (Å²) in [5.74, 6) is -0.940. The average Bonchev–Trinajstić information content (AvgIpc) is 2.78. The van der Waals surface area contributed by atoms with Gasteiger partial charge in [0.1, 0.15) is 0 Å². The number of hydrogen-bond donors (Lipinski definition) is 2. The van der Waals surface area contributed by atoms with Crippen LogP contribution in [0, 0.1) is 0 Å². The first-order valence-corrected chi connectivity index (χ1v) is 7.50. The first-order chi connectivity index (χ1) is 8.97. The molecule has 0 amide bonds. The van der Waals surface area contributed by atoms with Gasteiger partial charge in [0.2, 0.25) is 0 Å². The summed E-state index contributed by atoms with van der Waals surface area (Å²) in [6.07, 6.45) is 0. The summed E-state index contributed by atoms with van der Waals surface area (Å²) < 4.78 is 1.48. The SMILES string of the molecule is CC(Nc1ccc(C(=O)O)cc1Br)c1ccc(Cl)s1. The first kappa shape index (κ1) is 14.4. The van der Waals surface area contributed by atoms with Crippen LogP contribution in [0.1, 0.15) is 28.2 Å². The topological polar surface area (TPSA) is 49.3 Å². The fourth-order valence-electron chi connectivity index (χ4n) is 1.63. The number of benzene rings is 1. The summed E-state index contributed by atoms with van der Waals surface area (Å²) in [6.45, 7) is 2.03. The van der Waals surface area contributed by atoms with E-state index in [2.05, 4.69) is 21.2 Å². The number of rotatable bonds is 4. The van der Waals surface area contributed by atoms with E-state index in [1.807, 2.05) is 19.1 Å². The van der Waals surface area contributed by atoms with Gasteiger partial charge in [-0.25, -0.2) is 4.79 Å². The van der Waals surface area contributed by atoms with Crippen molar-refractivity contribution in [2.45, 2.75) is 13.0 Å². The van der Waals surface area contributed by atoms with Crippen LogP contribution in [-0.2, 0) is 0 Å². The van der Waals surface area contributed by atoms with Gasteiger partial charge in [0.25, 0.3) is 0 Å². The quantitative estimate of drug-likeness (QED) is 0.803. The maximum atomic E-state index is 10.9. The number of aromatic carboxylic acids is 1. The van der Waals surface area contributed by atoms with Crippen LogP contribution in [-0.4, -0.2) is 11.1 Å². The van der Waals surface area contributed by atoms with Gasteiger partial charge in [-0.1, -0.05) is 11.6 Å². The minimum atomic E-state index is -0.940. The fourth-order valence-corrected chi connectivity index (χ4v) is 3.19. The van der Waals surface area contributed by atoms with E-state index >= 15 is 0 Å². The number of hydrogen-bond acceptors (Lipinski definition) is 3. The van der Waals surface area contributed by atoms with Crippen LogP contribution in [0.5, 0.6) is 0 Å². The van der Waals surface area contributed by atoms with Crippen molar-refractivity contribution in [1.82, 2.24) is 0 Å². The molecular formula is C13H11BrClNO2S. The second-order valence-corrected chi connectivity index (χ2v) is 6.61. The van der Waals surface area contributed by atoms with Gasteiger partial charge in [-0.2, -0.15) is 0 Å². The lowest BCUT2D eigenvalue weighted by Gasteiger charge is -2.15. The zero-order chi connectivity index (χ0) is 14.0. The van der Waals surface area contributed by atoms with Crippen molar-refractivity contribution < 1.29 is 9.90 Å². The largest absolute Gasteiger partial charge is 0.478 e. The molecular weight excluding hydrogens is 350 g/mol. The highest BCUT2D eigenvalue weighted by atomic mass is 79.9. The molecule has 0 radical (unpaired) electrons. The van der Waals surface area contributed by atoms with Crippen molar-refractivity contribution in [2.24, 2.45) is 0 Å². The van der Waals surface area contributed by atoms with Gasteiger partial charge in [0.15, 0.2) is 0 Å².